The standard InChI is InChI=1S/C13H17N3O/c1-9-3-4-11(10(5-9)6-14)16-12-7-15-8-13(12)17-2/h3-5,12-13,15-16H,7-8H2,1-2H3/t12?,13-/m0/s1. The minimum Gasteiger partial charge on any atom is -0.378 e. The monoisotopic (exact) mass is 231 g/mol. The summed E-state index contributed by atoms with van der Waals surface area (Å²) < 4.78 is 5.39. The number of nitrogens with one attached hydrogen (secondary N) is 2. The van der Waals surface area contributed by atoms with Crippen LogP contribution >= 0.6 is 0 Å². The Morgan fingerprint density at radius 3 is 3.00 bits per heavy atom. The molecule has 1 aromatic carbocycles. The highest BCUT2D eigenvalue weighted by Gasteiger charge is 2.27. The van der Waals surface area contributed by atoms with E-state index in [4.69, 9.17) is 10.00 Å². The predicted octanol–water partition coefficient (Wildman–Crippen LogP) is 1.27. The molecule has 0 radical (unpaired) electrons. The zero-order valence-electron chi connectivity index (χ0n) is 10.2. The number of benzene rings is 1. The molecule has 0 aliphatic carbocycles. The second-order valence-electron chi connectivity index (χ2n) is 4.34. The van der Waals surface area contributed by atoms with Gasteiger partial charge in [0.05, 0.1) is 23.4 Å². The molecule has 90 valence electrons. The second-order valence-corrected chi connectivity index (χ2v) is 4.34. The van der Waals surface area contributed by atoms with Crippen LogP contribution in [-0.4, -0.2) is 32.3 Å². The Balaban J connectivity index is 2.16. The van der Waals surface area contributed by atoms with Gasteiger partial charge in [0, 0.05) is 20.2 Å². The van der Waals surface area contributed by atoms with E-state index in [0.29, 0.717) is 5.56 Å². The first kappa shape index (κ1) is 11.9. The summed E-state index contributed by atoms with van der Waals surface area (Å²) in [6, 6.07) is 8.30. The molecular formula is C13H17N3O. The van der Waals surface area contributed by atoms with Crippen LogP contribution in [0.3, 0.4) is 0 Å². The largest absolute Gasteiger partial charge is 0.378 e. The molecule has 0 saturated carbocycles. The van der Waals surface area contributed by atoms with E-state index < -0.39 is 0 Å². The van der Waals surface area contributed by atoms with Crippen molar-refractivity contribution in [3.63, 3.8) is 0 Å². The Hall–Kier alpha value is -1.57. The molecule has 2 atom stereocenters. The summed E-state index contributed by atoms with van der Waals surface area (Å²) in [5.41, 5.74) is 2.67. The first-order valence-electron chi connectivity index (χ1n) is 5.75. The molecule has 1 heterocycles. The molecule has 1 saturated heterocycles. The molecule has 1 fully saturated rings. The van der Waals surface area contributed by atoms with Crippen molar-refractivity contribution in [1.29, 1.82) is 5.26 Å². The van der Waals surface area contributed by atoms with Gasteiger partial charge in [0.15, 0.2) is 0 Å². The Bertz CT molecular complexity index is 439. The van der Waals surface area contributed by atoms with E-state index in [1.54, 1.807) is 7.11 Å². The van der Waals surface area contributed by atoms with Gasteiger partial charge in [0.2, 0.25) is 0 Å². The summed E-state index contributed by atoms with van der Waals surface area (Å²) in [6.07, 6.45) is 0.155. The lowest BCUT2D eigenvalue weighted by molar-refractivity contribution is 0.111. The molecule has 1 aliphatic rings. The third-order valence-corrected chi connectivity index (χ3v) is 3.10. The van der Waals surface area contributed by atoms with Gasteiger partial charge in [-0.2, -0.15) is 5.26 Å². The van der Waals surface area contributed by atoms with Gasteiger partial charge >= 0.3 is 0 Å². The Morgan fingerprint density at radius 1 is 1.47 bits per heavy atom. The predicted molar refractivity (Wildman–Crippen MR) is 67.0 cm³/mol. The Morgan fingerprint density at radius 2 is 2.29 bits per heavy atom. The lowest BCUT2D eigenvalue weighted by Crippen LogP contribution is -2.33. The first-order chi connectivity index (χ1) is 8.24. The van der Waals surface area contributed by atoms with Gasteiger partial charge in [-0.15, -0.1) is 0 Å². The molecule has 1 unspecified atom stereocenters. The van der Waals surface area contributed by atoms with Crippen LogP contribution in [0.2, 0.25) is 0 Å². The van der Waals surface area contributed by atoms with Crippen LogP contribution in [0.4, 0.5) is 5.69 Å². The molecular weight excluding hydrogens is 214 g/mol. The molecule has 1 aliphatic heterocycles. The second kappa shape index (κ2) is 5.17. The molecule has 2 rings (SSSR count). The zero-order chi connectivity index (χ0) is 12.3. The summed E-state index contributed by atoms with van der Waals surface area (Å²) in [4.78, 5) is 0. The molecule has 1 aromatic rings. The Labute approximate surface area is 102 Å². The van der Waals surface area contributed by atoms with E-state index in [9.17, 15) is 0 Å². The maximum absolute atomic E-state index is 9.10. The summed E-state index contributed by atoms with van der Waals surface area (Å²) >= 11 is 0. The first-order valence-corrected chi connectivity index (χ1v) is 5.75. The van der Waals surface area contributed by atoms with Crippen LogP contribution in [0.1, 0.15) is 11.1 Å². The number of hydrogen-bond donors (Lipinski definition) is 2. The van der Waals surface area contributed by atoms with Crippen LogP contribution in [0.15, 0.2) is 18.2 Å². The van der Waals surface area contributed by atoms with Crippen molar-refractivity contribution in [2.45, 2.75) is 19.1 Å². The van der Waals surface area contributed by atoms with Gasteiger partial charge < -0.3 is 15.4 Å². The van der Waals surface area contributed by atoms with E-state index in [1.165, 1.54) is 0 Å². The molecule has 0 spiro atoms. The number of anilines is 1. The van der Waals surface area contributed by atoms with Crippen molar-refractivity contribution in [2.24, 2.45) is 0 Å². The van der Waals surface area contributed by atoms with Gasteiger partial charge in [-0.1, -0.05) is 6.07 Å². The van der Waals surface area contributed by atoms with Crippen molar-refractivity contribution >= 4 is 5.69 Å². The van der Waals surface area contributed by atoms with E-state index in [0.717, 1.165) is 24.3 Å². The maximum Gasteiger partial charge on any atom is 0.101 e. The van der Waals surface area contributed by atoms with Crippen molar-refractivity contribution in [3.8, 4) is 6.07 Å². The van der Waals surface area contributed by atoms with E-state index in [1.807, 2.05) is 25.1 Å². The molecule has 0 bridgehead atoms. The summed E-state index contributed by atoms with van der Waals surface area (Å²) in [6.45, 7) is 3.69. The third-order valence-electron chi connectivity index (χ3n) is 3.10. The molecule has 17 heavy (non-hydrogen) atoms. The summed E-state index contributed by atoms with van der Waals surface area (Å²) in [7, 11) is 1.71. The fraction of sp³-hybridized carbons (Fsp3) is 0.462. The van der Waals surface area contributed by atoms with Gasteiger partial charge in [-0.3, -0.25) is 0 Å². The lowest BCUT2D eigenvalue weighted by atomic mass is 10.1. The smallest absolute Gasteiger partial charge is 0.101 e. The fourth-order valence-corrected chi connectivity index (χ4v) is 2.12. The number of aryl methyl sites for hydroxylation is 1. The topological polar surface area (TPSA) is 57.1 Å². The van der Waals surface area contributed by atoms with E-state index in [2.05, 4.69) is 16.7 Å². The van der Waals surface area contributed by atoms with E-state index in [-0.39, 0.29) is 12.1 Å². The average Bonchev–Trinajstić information content (AvgIpc) is 2.78. The summed E-state index contributed by atoms with van der Waals surface area (Å²) in [5.74, 6) is 0. The van der Waals surface area contributed by atoms with Crippen molar-refractivity contribution in [1.82, 2.24) is 5.32 Å². The molecule has 4 heteroatoms. The molecule has 0 aromatic heterocycles. The van der Waals surface area contributed by atoms with Crippen LogP contribution in [0.25, 0.3) is 0 Å². The van der Waals surface area contributed by atoms with Gasteiger partial charge in [-0.25, -0.2) is 0 Å². The number of nitriles is 1. The highest BCUT2D eigenvalue weighted by atomic mass is 16.5. The number of hydrogen-bond acceptors (Lipinski definition) is 4. The van der Waals surface area contributed by atoms with Crippen molar-refractivity contribution < 1.29 is 4.74 Å². The average molecular weight is 231 g/mol. The normalized spacial score (nSPS) is 23.4. The van der Waals surface area contributed by atoms with Gasteiger partial charge in [0.25, 0.3) is 0 Å². The number of rotatable bonds is 3. The minimum atomic E-state index is 0.155. The van der Waals surface area contributed by atoms with Gasteiger partial charge in [-0.05, 0) is 24.6 Å². The fourth-order valence-electron chi connectivity index (χ4n) is 2.12. The highest BCUT2D eigenvalue weighted by molar-refractivity contribution is 5.59. The third kappa shape index (κ3) is 2.57. The molecule has 0 amide bonds. The maximum atomic E-state index is 9.10. The molecule has 4 nitrogen and oxygen atoms in total. The zero-order valence-corrected chi connectivity index (χ0v) is 10.2. The lowest BCUT2D eigenvalue weighted by Gasteiger charge is -2.20. The van der Waals surface area contributed by atoms with Crippen LogP contribution in [0, 0.1) is 18.3 Å². The highest BCUT2D eigenvalue weighted by Crippen LogP contribution is 2.19. The van der Waals surface area contributed by atoms with Gasteiger partial charge in [0.1, 0.15) is 6.07 Å². The van der Waals surface area contributed by atoms with Crippen LogP contribution in [-0.2, 0) is 4.74 Å². The van der Waals surface area contributed by atoms with E-state index >= 15 is 0 Å². The SMILES string of the molecule is CO[C@H]1CNCC1Nc1ccc(C)cc1C#N. The van der Waals surface area contributed by atoms with Crippen molar-refractivity contribution in [2.75, 3.05) is 25.5 Å². The number of ether oxygens (including phenoxy) is 1. The van der Waals surface area contributed by atoms with Crippen LogP contribution in [0.5, 0.6) is 0 Å². The minimum absolute atomic E-state index is 0.155. The molecule has 2 N–H and O–H groups in total. The van der Waals surface area contributed by atoms with Crippen molar-refractivity contribution in [3.05, 3.63) is 29.3 Å². The Kier molecular flexibility index (Phi) is 3.62. The number of methoxy groups -OCH3 is 1. The quantitative estimate of drug-likeness (QED) is 0.822. The number of nitrogens with zero attached hydrogens (tertiary/aromatic N) is 1. The summed E-state index contributed by atoms with van der Waals surface area (Å²) in [5, 5.41) is 15.8. The van der Waals surface area contributed by atoms with Crippen LogP contribution < -0.4 is 10.6 Å².